The summed E-state index contributed by atoms with van der Waals surface area (Å²) in [5.41, 5.74) is 2.40. The standard InChI is InChI=1S/C26H20F2N6O2/c27-18-5-7-20(8-6-18)32-10-12-33(13-11-32)26(36)17-4-9-21-22(15-17)34-24(29-25(21)35)23(30-31-34)16-2-1-3-19(28)14-16/h1-9,14-15,31H,10-13H2. The minimum atomic E-state index is -0.462. The number of aromatic nitrogens is 4. The average molecular weight is 486 g/mol. The van der Waals surface area contributed by atoms with E-state index in [1.54, 1.807) is 47.4 Å². The highest BCUT2D eigenvalue weighted by atomic mass is 19.1. The largest absolute Gasteiger partial charge is 0.368 e. The molecule has 10 heteroatoms. The van der Waals surface area contributed by atoms with Crippen molar-refractivity contribution >= 4 is 28.1 Å². The number of hydrogen-bond acceptors (Lipinski definition) is 5. The van der Waals surface area contributed by atoms with Crippen LogP contribution in [0.25, 0.3) is 27.8 Å². The van der Waals surface area contributed by atoms with E-state index in [9.17, 15) is 18.4 Å². The number of rotatable bonds is 3. The number of nitrogens with one attached hydrogen (secondary N) is 1. The Balaban J connectivity index is 1.31. The lowest BCUT2D eigenvalue weighted by Crippen LogP contribution is -2.48. The van der Waals surface area contributed by atoms with Crippen molar-refractivity contribution in [3.63, 3.8) is 0 Å². The first-order valence-corrected chi connectivity index (χ1v) is 11.4. The van der Waals surface area contributed by atoms with Crippen LogP contribution in [0.15, 0.2) is 71.5 Å². The number of benzene rings is 3. The molecular weight excluding hydrogens is 466 g/mol. The van der Waals surface area contributed by atoms with Gasteiger partial charge >= 0.3 is 0 Å². The van der Waals surface area contributed by atoms with Crippen LogP contribution in [0.3, 0.4) is 0 Å². The van der Waals surface area contributed by atoms with E-state index in [4.69, 9.17) is 0 Å². The zero-order valence-corrected chi connectivity index (χ0v) is 19.0. The van der Waals surface area contributed by atoms with E-state index in [1.807, 2.05) is 0 Å². The van der Waals surface area contributed by atoms with Crippen molar-refractivity contribution in [3.05, 3.63) is 94.3 Å². The van der Waals surface area contributed by atoms with Crippen molar-refractivity contribution < 1.29 is 13.6 Å². The van der Waals surface area contributed by atoms with Crippen LogP contribution in [0.4, 0.5) is 14.5 Å². The third-order valence-electron chi connectivity index (χ3n) is 6.47. The zero-order valence-electron chi connectivity index (χ0n) is 19.0. The fourth-order valence-corrected chi connectivity index (χ4v) is 4.59. The lowest BCUT2D eigenvalue weighted by atomic mass is 10.1. The van der Waals surface area contributed by atoms with Gasteiger partial charge in [-0.1, -0.05) is 12.1 Å². The fourth-order valence-electron chi connectivity index (χ4n) is 4.59. The van der Waals surface area contributed by atoms with Gasteiger partial charge in [-0.15, -0.1) is 0 Å². The van der Waals surface area contributed by atoms with Gasteiger partial charge in [0.1, 0.15) is 17.3 Å². The van der Waals surface area contributed by atoms with Crippen LogP contribution in [0.5, 0.6) is 0 Å². The van der Waals surface area contributed by atoms with Crippen molar-refractivity contribution in [2.45, 2.75) is 0 Å². The van der Waals surface area contributed by atoms with Crippen LogP contribution in [0, 0.1) is 11.6 Å². The van der Waals surface area contributed by atoms with Crippen molar-refractivity contribution in [1.29, 1.82) is 0 Å². The van der Waals surface area contributed by atoms with Crippen LogP contribution in [0.1, 0.15) is 10.4 Å². The number of halogens is 2. The van der Waals surface area contributed by atoms with Gasteiger partial charge in [0.25, 0.3) is 11.5 Å². The molecule has 0 saturated carbocycles. The summed E-state index contributed by atoms with van der Waals surface area (Å²) >= 11 is 0. The quantitative estimate of drug-likeness (QED) is 0.422. The first kappa shape index (κ1) is 21.9. The number of piperazine rings is 1. The smallest absolute Gasteiger partial charge is 0.281 e. The van der Waals surface area contributed by atoms with Gasteiger partial charge in [0.2, 0.25) is 0 Å². The predicted molar refractivity (Wildman–Crippen MR) is 131 cm³/mol. The summed E-state index contributed by atoms with van der Waals surface area (Å²) in [4.78, 5) is 34.1. The van der Waals surface area contributed by atoms with E-state index in [0.29, 0.717) is 53.9 Å². The molecule has 1 N–H and O–H groups in total. The molecule has 3 aromatic carbocycles. The maximum atomic E-state index is 13.8. The van der Waals surface area contributed by atoms with Crippen LogP contribution in [0.2, 0.25) is 0 Å². The van der Waals surface area contributed by atoms with Gasteiger partial charge in [0.05, 0.1) is 10.9 Å². The number of H-pyrrole nitrogens is 1. The number of hydrogen-bond donors (Lipinski definition) is 1. The van der Waals surface area contributed by atoms with E-state index in [-0.39, 0.29) is 17.4 Å². The summed E-state index contributed by atoms with van der Waals surface area (Å²) in [6, 6.07) is 17.0. The number of fused-ring (bicyclic) bond motifs is 3. The molecule has 0 spiro atoms. The van der Waals surface area contributed by atoms with E-state index in [0.717, 1.165) is 5.69 Å². The Morgan fingerprint density at radius 2 is 1.67 bits per heavy atom. The van der Waals surface area contributed by atoms with Gasteiger partial charge in [0, 0.05) is 43.0 Å². The van der Waals surface area contributed by atoms with Gasteiger partial charge in [-0.2, -0.15) is 10.1 Å². The maximum absolute atomic E-state index is 13.8. The molecule has 0 aliphatic carbocycles. The van der Waals surface area contributed by atoms with Crippen LogP contribution in [-0.4, -0.2) is 56.8 Å². The van der Waals surface area contributed by atoms with Crippen molar-refractivity contribution in [2.75, 3.05) is 31.1 Å². The number of carbonyl (C=O) groups excluding carboxylic acids is 1. The molecule has 6 rings (SSSR count). The lowest BCUT2D eigenvalue weighted by molar-refractivity contribution is 0.0747. The molecule has 0 unspecified atom stereocenters. The second kappa shape index (κ2) is 8.56. The number of aromatic amines is 1. The van der Waals surface area contributed by atoms with Crippen LogP contribution >= 0.6 is 0 Å². The molecule has 0 atom stereocenters. The maximum Gasteiger partial charge on any atom is 0.281 e. The molecular formula is C26H20F2N6O2. The molecule has 2 aromatic heterocycles. The normalized spacial score (nSPS) is 14.1. The summed E-state index contributed by atoms with van der Waals surface area (Å²) in [5.74, 6) is -0.865. The summed E-state index contributed by atoms with van der Waals surface area (Å²) in [6.45, 7) is 2.26. The number of nitrogens with zero attached hydrogens (tertiary/aromatic N) is 5. The molecule has 3 heterocycles. The Morgan fingerprint density at radius 3 is 2.42 bits per heavy atom. The number of carbonyl (C=O) groups is 1. The van der Waals surface area contributed by atoms with Gasteiger partial charge in [-0.05, 0) is 54.6 Å². The van der Waals surface area contributed by atoms with E-state index in [2.05, 4.69) is 20.2 Å². The highest BCUT2D eigenvalue weighted by Crippen LogP contribution is 2.24. The van der Waals surface area contributed by atoms with Crippen LogP contribution < -0.4 is 10.5 Å². The van der Waals surface area contributed by atoms with Crippen molar-refractivity contribution in [3.8, 4) is 11.3 Å². The molecule has 1 aliphatic heterocycles. The predicted octanol–water partition coefficient (Wildman–Crippen LogP) is 3.48. The lowest BCUT2D eigenvalue weighted by Gasteiger charge is -2.36. The second-order valence-corrected chi connectivity index (χ2v) is 8.63. The molecule has 0 radical (unpaired) electrons. The fraction of sp³-hybridized carbons (Fsp3) is 0.154. The highest BCUT2D eigenvalue weighted by Gasteiger charge is 2.23. The Hall–Kier alpha value is -4.60. The monoisotopic (exact) mass is 486 g/mol. The molecule has 1 amide bonds. The van der Waals surface area contributed by atoms with Gasteiger partial charge in [-0.25, -0.2) is 18.5 Å². The van der Waals surface area contributed by atoms with Gasteiger partial charge in [0.15, 0.2) is 5.65 Å². The molecule has 36 heavy (non-hydrogen) atoms. The minimum Gasteiger partial charge on any atom is -0.368 e. The van der Waals surface area contributed by atoms with Gasteiger partial charge in [-0.3, -0.25) is 9.59 Å². The van der Waals surface area contributed by atoms with E-state index >= 15 is 0 Å². The first-order valence-electron chi connectivity index (χ1n) is 11.4. The summed E-state index contributed by atoms with van der Waals surface area (Å²) in [7, 11) is 0. The third kappa shape index (κ3) is 3.76. The summed E-state index contributed by atoms with van der Waals surface area (Å²) < 4.78 is 28.5. The van der Waals surface area contributed by atoms with Gasteiger partial charge < -0.3 is 9.80 Å². The molecule has 8 nitrogen and oxygen atoms in total. The van der Waals surface area contributed by atoms with Crippen molar-refractivity contribution in [1.82, 2.24) is 24.7 Å². The Bertz CT molecular complexity index is 1670. The highest BCUT2D eigenvalue weighted by molar-refractivity contribution is 5.98. The zero-order chi connectivity index (χ0) is 24.8. The van der Waals surface area contributed by atoms with Crippen LogP contribution in [-0.2, 0) is 0 Å². The number of anilines is 1. The molecule has 180 valence electrons. The van der Waals surface area contributed by atoms with E-state index < -0.39 is 11.4 Å². The topological polar surface area (TPSA) is 86.6 Å². The Labute approximate surface area is 203 Å². The SMILES string of the molecule is O=C(c1ccc2c(=O)nc3c(-c4cccc(F)c4)n[nH]n3c2c1)N1CCN(c2ccc(F)cc2)CC1. The Kier molecular flexibility index (Phi) is 5.21. The first-order chi connectivity index (χ1) is 17.5. The second-order valence-electron chi connectivity index (χ2n) is 8.63. The summed E-state index contributed by atoms with van der Waals surface area (Å²) in [6.07, 6.45) is 0. The average Bonchev–Trinajstić information content (AvgIpc) is 3.33. The molecule has 0 bridgehead atoms. The van der Waals surface area contributed by atoms with E-state index in [1.165, 1.54) is 28.8 Å². The molecule has 1 aliphatic rings. The van der Waals surface area contributed by atoms with Crippen molar-refractivity contribution in [2.24, 2.45) is 0 Å². The summed E-state index contributed by atoms with van der Waals surface area (Å²) in [5, 5.41) is 7.42. The minimum absolute atomic E-state index is 0.154. The third-order valence-corrected chi connectivity index (χ3v) is 6.47. The Morgan fingerprint density at radius 1 is 0.889 bits per heavy atom. The molecule has 1 fully saturated rings. The molecule has 5 aromatic rings. The number of amides is 1. The molecule has 1 saturated heterocycles.